The lowest BCUT2D eigenvalue weighted by atomic mass is 9.72. The van der Waals surface area contributed by atoms with E-state index in [4.69, 9.17) is 9.84 Å². The second kappa shape index (κ2) is 3.55. The van der Waals surface area contributed by atoms with Crippen LogP contribution in [-0.2, 0) is 4.74 Å². The van der Waals surface area contributed by atoms with Crippen LogP contribution in [0.25, 0.3) is 0 Å². The number of methoxy groups -OCH3 is 1. The van der Waals surface area contributed by atoms with Crippen molar-refractivity contribution in [3.05, 3.63) is 0 Å². The third kappa shape index (κ3) is 1.74. The Hall–Kier alpha value is -0.0800. The Morgan fingerprint density at radius 3 is 2.45 bits per heavy atom. The van der Waals surface area contributed by atoms with E-state index in [0.717, 1.165) is 6.42 Å². The second-order valence-corrected chi connectivity index (χ2v) is 3.62. The van der Waals surface area contributed by atoms with Gasteiger partial charge in [0, 0.05) is 13.7 Å². The molecule has 0 aliphatic heterocycles. The summed E-state index contributed by atoms with van der Waals surface area (Å²) in [7, 11) is 1.74. The van der Waals surface area contributed by atoms with Crippen LogP contribution in [0.4, 0.5) is 0 Å². The topological polar surface area (TPSA) is 29.5 Å². The van der Waals surface area contributed by atoms with Gasteiger partial charge in [-0.1, -0.05) is 6.42 Å². The van der Waals surface area contributed by atoms with E-state index < -0.39 is 0 Å². The quantitative estimate of drug-likeness (QED) is 0.673. The van der Waals surface area contributed by atoms with Gasteiger partial charge in [-0.2, -0.15) is 0 Å². The van der Waals surface area contributed by atoms with Crippen molar-refractivity contribution in [3.8, 4) is 0 Å². The molecule has 1 unspecified atom stereocenters. The van der Waals surface area contributed by atoms with E-state index in [2.05, 4.69) is 6.92 Å². The van der Waals surface area contributed by atoms with Gasteiger partial charge < -0.3 is 9.84 Å². The van der Waals surface area contributed by atoms with Gasteiger partial charge in [0.25, 0.3) is 0 Å². The highest BCUT2D eigenvalue weighted by Gasteiger charge is 2.37. The van der Waals surface area contributed by atoms with E-state index >= 15 is 0 Å². The van der Waals surface area contributed by atoms with E-state index in [1.807, 2.05) is 0 Å². The summed E-state index contributed by atoms with van der Waals surface area (Å²) in [6.45, 7) is 2.34. The highest BCUT2D eigenvalue weighted by molar-refractivity contribution is 4.88. The molecule has 0 saturated heterocycles. The third-order valence-corrected chi connectivity index (χ3v) is 3.04. The van der Waals surface area contributed by atoms with Gasteiger partial charge in [-0.05, 0) is 32.1 Å². The summed E-state index contributed by atoms with van der Waals surface area (Å²) in [5.41, 5.74) is -0.0625. The molecule has 2 heteroatoms. The van der Waals surface area contributed by atoms with Crippen LogP contribution in [-0.4, -0.2) is 24.4 Å². The summed E-state index contributed by atoms with van der Waals surface area (Å²) in [5.74, 6) is 0.680. The average molecular weight is 158 g/mol. The van der Waals surface area contributed by atoms with Crippen LogP contribution < -0.4 is 0 Å². The van der Waals surface area contributed by atoms with E-state index in [9.17, 15) is 0 Å². The summed E-state index contributed by atoms with van der Waals surface area (Å²) in [6, 6.07) is 0. The SMILES string of the molecule is COC(C)(CCO)C1CCC1. The fourth-order valence-electron chi connectivity index (χ4n) is 1.71. The molecule has 0 amide bonds. The summed E-state index contributed by atoms with van der Waals surface area (Å²) in [5, 5.41) is 8.82. The number of hydrogen-bond donors (Lipinski definition) is 1. The predicted molar refractivity (Wildman–Crippen MR) is 44.5 cm³/mol. The van der Waals surface area contributed by atoms with Crippen molar-refractivity contribution in [2.45, 2.75) is 38.2 Å². The van der Waals surface area contributed by atoms with Crippen molar-refractivity contribution in [2.75, 3.05) is 13.7 Å². The first kappa shape index (κ1) is 9.01. The minimum Gasteiger partial charge on any atom is -0.396 e. The minimum atomic E-state index is -0.0625. The van der Waals surface area contributed by atoms with Gasteiger partial charge in [0.2, 0.25) is 0 Å². The minimum absolute atomic E-state index is 0.0625. The molecule has 1 fully saturated rings. The van der Waals surface area contributed by atoms with Crippen molar-refractivity contribution in [1.29, 1.82) is 0 Å². The maximum Gasteiger partial charge on any atom is 0.0700 e. The lowest BCUT2D eigenvalue weighted by Gasteiger charge is -2.41. The Morgan fingerprint density at radius 2 is 2.18 bits per heavy atom. The molecule has 1 rings (SSSR count). The van der Waals surface area contributed by atoms with E-state index in [1.54, 1.807) is 7.11 Å². The summed E-state index contributed by atoms with van der Waals surface area (Å²) in [4.78, 5) is 0. The second-order valence-electron chi connectivity index (χ2n) is 3.62. The van der Waals surface area contributed by atoms with Crippen molar-refractivity contribution < 1.29 is 9.84 Å². The number of hydrogen-bond acceptors (Lipinski definition) is 2. The normalized spacial score (nSPS) is 24.3. The molecule has 0 aromatic carbocycles. The lowest BCUT2D eigenvalue weighted by Crippen LogP contribution is -2.41. The van der Waals surface area contributed by atoms with Gasteiger partial charge in [-0.3, -0.25) is 0 Å². The van der Waals surface area contributed by atoms with Gasteiger partial charge in [0.05, 0.1) is 5.60 Å². The van der Waals surface area contributed by atoms with Gasteiger partial charge in [-0.15, -0.1) is 0 Å². The highest BCUT2D eigenvalue weighted by atomic mass is 16.5. The molecule has 1 atom stereocenters. The standard InChI is InChI=1S/C9H18O2/c1-9(11-2,6-7-10)8-4-3-5-8/h8,10H,3-7H2,1-2H3. The summed E-state index contributed by atoms with van der Waals surface area (Å²) < 4.78 is 5.42. The molecule has 1 N–H and O–H groups in total. The third-order valence-electron chi connectivity index (χ3n) is 3.04. The van der Waals surface area contributed by atoms with Crippen molar-refractivity contribution in [1.82, 2.24) is 0 Å². The molecule has 66 valence electrons. The van der Waals surface area contributed by atoms with Crippen molar-refractivity contribution >= 4 is 0 Å². The fraction of sp³-hybridized carbons (Fsp3) is 1.00. The van der Waals surface area contributed by atoms with E-state index in [0.29, 0.717) is 5.92 Å². The van der Waals surface area contributed by atoms with Crippen LogP contribution >= 0.6 is 0 Å². The monoisotopic (exact) mass is 158 g/mol. The predicted octanol–water partition coefficient (Wildman–Crippen LogP) is 1.57. The smallest absolute Gasteiger partial charge is 0.0700 e. The largest absolute Gasteiger partial charge is 0.396 e. The molecule has 2 nitrogen and oxygen atoms in total. The van der Waals surface area contributed by atoms with Crippen LogP contribution in [0.5, 0.6) is 0 Å². The Kier molecular flexibility index (Phi) is 2.90. The zero-order valence-electron chi connectivity index (χ0n) is 7.47. The Morgan fingerprint density at radius 1 is 1.55 bits per heavy atom. The van der Waals surface area contributed by atoms with Crippen LogP contribution in [0, 0.1) is 5.92 Å². The molecule has 0 radical (unpaired) electrons. The molecule has 0 heterocycles. The van der Waals surface area contributed by atoms with Crippen LogP contribution in [0.15, 0.2) is 0 Å². The van der Waals surface area contributed by atoms with Gasteiger partial charge in [0.1, 0.15) is 0 Å². The first-order valence-corrected chi connectivity index (χ1v) is 4.39. The number of ether oxygens (including phenoxy) is 1. The molecular formula is C9H18O2. The van der Waals surface area contributed by atoms with E-state index in [-0.39, 0.29) is 12.2 Å². The lowest BCUT2D eigenvalue weighted by molar-refractivity contribution is -0.0828. The number of aliphatic hydroxyl groups excluding tert-OH is 1. The summed E-state index contributed by atoms with van der Waals surface area (Å²) >= 11 is 0. The Labute approximate surface area is 68.6 Å². The molecule has 1 aliphatic rings. The zero-order chi connectivity index (χ0) is 8.32. The first-order valence-electron chi connectivity index (χ1n) is 4.39. The molecule has 0 aromatic rings. The number of rotatable bonds is 4. The van der Waals surface area contributed by atoms with Crippen LogP contribution in [0.1, 0.15) is 32.6 Å². The Balaban J connectivity index is 2.43. The van der Waals surface area contributed by atoms with Crippen molar-refractivity contribution in [2.24, 2.45) is 5.92 Å². The first-order chi connectivity index (χ1) is 5.23. The Bertz CT molecular complexity index is 121. The maximum absolute atomic E-state index is 8.82. The molecule has 11 heavy (non-hydrogen) atoms. The molecule has 0 aromatic heterocycles. The van der Waals surface area contributed by atoms with Gasteiger partial charge >= 0.3 is 0 Å². The molecule has 1 saturated carbocycles. The van der Waals surface area contributed by atoms with E-state index in [1.165, 1.54) is 19.3 Å². The number of aliphatic hydroxyl groups is 1. The average Bonchev–Trinajstić information content (AvgIpc) is 1.84. The fourth-order valence-corrected chi connectivity index (χ4v) is 1.71. The molecule has 0 bridgehead atoms. The zero-order valence-corrected chi connectivity index (χ0v) is 7.47. The summed E-state index contributed by atoms with van der Waals surface area (Å²) in [6.07, 6.45) is 4.64. The maximum atomic E-state index is 8.82. The van der Waals surface area contributed by atoms with Crippen molar-refractivity contribution in [3.63, 3.8) is 0 Å². The van der Waals surface area contributed by atoms with Gasteiger partial charge in [0.15, 0.2) is 0 Å². The molecular weight excluding hydrogens is 140 g/mol. The van der Waals surface area contributed by atoms with Gasteiger partial charge in [-0.25, -0.2) is 0 Å². The van der Waals surface area contributed by atoms with Crippen LogP contribution in [0.2, 0.25) is 0 Å². The highest BCUT2D eigenvalue weighted by Crippen LogP contribution is 2.39. The molecule has 0 spiro atoms. The van der Waals surface area contributed by atoms with Crippen LogP contribution in [0.3, 0.4) is 0 Å². The molecule has 1 aliphatic carbocycles.